The molecule has 0 aliphatic carbocycles. The summed E-state index contributed by atoms with van der Waals surface area (Å²) < 4.78 is 38.0. The standard InChI is InChI=1S/C8H9F3N2O/c1-5(14)3-6-4-13(2)12-7(6)8(9,10)11/h4H,3H2,1-2H3. The van der Waals surface area contributed by atoms with E-state index in [0.29, 0.717) is 0 Å². The van der Waals surface area contributed by atoms with Crippen LogP contribution in [-0.4, -0.2) is 15.6 Å². The van der Waals surface area contributed by atoms with Crippen molar-refractivity contribution in [2.24, 2.45) is 7.05 Å². The van der Waals surface area contributed by atoms with Gasteiger partial charge in [0, 0.05) is 25.2 Å². The third-order valence-electron chi connectivity index (χ3n) is 1.61. The quantitative estimate of drug-likeness (QED) is 0.736. The predicted octanol–water partition coefficient (Wildman–Crippen LogP) is 1.57. The molecule has 1 heterocycles. The maximum atomic E-state index is 12.3. The average Bonchev–Trinajstić information content (AvgIpc) is 2.28. The third-order valence-corrected chi connectivity index (χ3v) is 1.61. The third kappa shape index (κ3) is 2.34. The van der Waals surface area contributed by atoms with E-state index in [4.69, 9.17) is 0 Å². The molecule has 0 saturated carbocycles. The van der Waals surface area contributed by atoms with Crippen LogP contribution in [0.1, 0.15) is 18.2 Å². The molecule has 0 amide bonds. The van der Waals surface area contributed by atoms with E-state index in [1.54, 1.807) is 0 Å². The Morgan fingerprint density at radius 3 is 2.57 bits per heavy atom. The lowest BCUT2D eigenvalue weighted by molar-refractivity contribution is -0.142. The molecule has 0 saturated heterocycles. The first-order valence-corrected chi connectivity index (χ1v) is 3.90. The van der Waals surface area contributed by atoms with E-state index in [1.807, 2.05) is 0 Å². The summed E-state index contributed by atoms with van der Waals surface area (Å²) in [4.78, 5) is 10.7. The van der Waals surface area contributed by atoms with Gasteiger partial charge in [0.25, 0.3) is 0 Å². The SMILES string of the molecule is CC(=O)Cc1cn(C)nc1C(F)(F)F. The molecule has 1 aromatic rings. The minimum atomic E-state index is -4.49. The molecule has 0 spiro atoms. The number of ketones is 1. The maximum Gasteiger partial charge on any atom is 0.435 e. The number of rotatable bonds is 2. The summed E-state index contributed by atoms with van der Waals surface area (Å²) in [6.45, 7) is 1.24. The Labute approximate surface area is 78.5 Å². The number of hydrogen-bond acceptors (Lipinski definition) is 2. The Balaban J connectivity index is 3.09. The van der Waals surface area contributed by atoms with Gasteiger partial charge in [0.2, 0.25) is 0 Å². The summed E-state index contributed by atoms with van der Waals surface area (Å²) >= 11 is 0. The van der Waals surface area contributed by atoms with E-state index in [0.717, 1.165) is 4.68 Å². The van der Waals surface area contributed by atoms with Gasteiger partial charge in [-0.1, -0.05) is 0 Å². The molecule has 78 valence electrons. The molecule has 0 aliphatic heterocycles. The normalized spacial score (nSPS) is 11.8. The summed E-state index contributed by atoms with van der Waals surface area (Å²) in [5, 5.41) is 3.27. The minimum Gasteiger partial charge on any atom is -0.300 e. The van der Waals surface area contributed by atoms with Crippen molar-refractivity contribution in [2.75, 3.05) is 0 Å². The average molecular weight is 206 g/mol. The first-order chi connectivity index (χ1) is 6.30. The second kappa shape index (κ2) is 3.43. The van der Waals surface area contributed by atoms with Crippen molar-refractivity contribution in [3.8, 4) is 0 Å². The maximum absolute atomic E-state index is 12.3. The largest absolute Gasteiger partial charge is 0.435 e. The Bertz CT molecular complexity index is 354. The van der Waals surface area contributed by atoms with Crippen molar-refractivity contribution in [2.45, 2.75) is 19.5 Å². The first-order valence-electron chi connectivity index (χ1n) is 3.90. The van der Waals surface area contributed by atoms with E-state index in [-0.39, 0.29) is 17.8 Å². The number of alkyl halides is 3. The zero-order valence-electron chi connectivity index (χ0n) is 7.72. The van der Waals surface area contributed by atoms with Crippen LogP contribution in [0, 0.1) is 0 Å². The minimum absolute atomic E-state index is 0.0764. The van der Waals surface area contributed by atoms with Crippen molar-refractivity contribution in [3.63, 3.8) is 0 Å². The fourth-order valence-electron chi connectivity index (χ4n) is 1.17. The molecule has 1 aromatic heterocycles. The molecule has 3 nitrogen and oxygen atoms in total. The number of aromatic nitrogens is 2. The fourth-order valence-corrected chi connectivity index (χ4v) is 1.17. The highest BCUT2D eigenvalue weighted by atomic mass is 19.4. The Morgan fingerprint density at radius 2 is 2.14 bits per heavy atom. The number of halogens is 3. The van der Waals surface area contributed by atoms with Gasteiger partial charge in [0.1, 0.15) is 5.78 Å². The van der Waals surface area contributed by atoms with Crippen molar-refractivity contribution in [1.82, 2.24) is 9.78 Å². The van der Waals surface area contributed by atoms with Gasteiger partial charge in [-0.3, -0.25) is 9.48 Å². The molecule has 0 unspecified atom stereocenters. The van der Waals surface area contributed by atoms with Crippen LogP contribution in [0.25, 0.3) is 0 Å². The predicted molar refractivity (Wildman–Crippen MR) is 42.6 cm³/mol. The number of carbonyl (C=O) groups is 1. The van der Waals surface area contributed by atoms with Gasteiger partial charge >= 0.3 is 6.18 Å². The lowest BCUT2D eigenvalue weighted by Crippen LogP contribution is -2.11. The highest BCUT2D eigenvalue weighted by Gasteiger charge is 2.36. The number of hydrogen-bond donors (Lipinski definition) is 0. The molecule has 0 atom stereocenters. The molecule has 0 bridgehead atoms. The molecule has 0 aromatic carbocycles. The van der Waals surface area contributed by atoms with Crippen molar-refractivity contribution in [1.29, 1.82) is 0 Å². The molecule has 14 heavy (non-hydrogen) atoms. The summed E-state index contributed by atoms with van der Waals surface area (Å²) in [5.74, 6) is -0.316. The molecule has 0 radical (unpaired) electrons. The molecular formula is C8H9F3N2O. The van der Waals surface area contributed by atoms with E-state index in [9.17, 15) is 18.0 Å². The van der Waals surface area contributed by atoms with Crippen molar-refractivity contribution >= 4 is 5.78 Å². The van der Waals surface area contributed by atoms with E-state index < -0.39 is 11.9 Å². The molecule has 6 heteroatoms. The molecular weight excluding hydrogens is 197 g/mol. The smallest absolute Gasteiger partial charge is 0.300 e. The van der Waals surface area contributed by atoms with E-state index in [2.05, 4.69) is 5.10 Å². The van der Waals surface area contributed by atoms with Crippen LogP contribution in [0.4, 0.5) is 13.2 Å². The van der Waals surface area contributed by atoms with Gasteiger partial charge in [-0.2, -0.15) is 18.3 Å². The number of Topliss-reactive ketones (excluding diaryl/α,β-unsaturated/α-hetero) is 1. The summed E-state index contributed by atoms with van der Waals surface area (Å²) in [5.41, 5.74) is -1.05. The van der Waals surface area contributed by atoms with Crippen LogP contribution < -0.4 is 0 Å². The highest BCUT2D eigenvalue weighted by Crippen LogP contribution is 2.30. The summed E-state index contributed by atoms with van der Waals surface area (Å²) in [7, 11) is 1.39. The van der Waals surface area contributed by atoms with Gasteiger partial charge < -0.3 is 0 Å². The lowest BCUT2D eigenvalue weighted by atomic mass is 10.1. The van der Waals surface area contributed by atoms with Gasteiger partial charge in [-0.25, -0.2) is 0 Å². The molecule has 0 N–H and O–H groups in total. The van der Waals surface area contributed by atoms with Crippen LogP contribution in [0.3, 0.4) is 0 Å². The van der Waals surface area contributed by atoms with Crippen molar-refractivity contribution in [3.05, 3.63) is 17.5 Å². The van der Waals surface area contributed by atoms with Crippen LogP contribution in [0.2, 0.25) is 0 Å². The molecule has 0 aliphatic rings. The van der Waals surface area contributed by atoms with Crippen LogP contribution in [-0.2, 0) is 24.4 Å². The van der Waals surface area contributed by atoms with Crippen molar-refractivity contribution < 1.29 is 18.0 Å². The fraction of sp³-hybridized carbons (Fsp3) is 0.500. The summed E-state index contributed by atoms with van der Waals surface area (Å²) in [6.07, 6.45) is -3.51. The van der Waals surface area contributed by atoms with E-state index >= 15 is 0 Å². The Morgan fingerprint density at radius 1 is 1.57 bits per heavy atom. The van der Waals surface area contributed by atoms with Gasteiger partial charge in [-0.05, 0) is 6.92 Å². The van der Waals surface area contributed by atoms with Gasteiger partial charge in [0.05, 0.1) is 0 Å². The lowest BCUT2D eigenvalue weighted by Gasteiger charge is -2.03. The summed E-state index contributed by atoms with van der Waals surface area (Å²) in [6, 6.07) is 0. The van der Waals surface area contributed by atoms with Gasteiger partial charge in [0.15, 0.2) is 5.69 Å². The van der Waals surface area contributed by atoms with Gasteiger partial charge in [-0.15, -0.1) is 0 Å². The molecule has 0 fully saturated rings. The topological polar surface area (TPSA) is 34.9 Å². The Kier molecular flexibility index (Phi) is 2.64. The molecule has 1 rings (SSSR count). The van der Waals surface area contributed by atoms with Crippen LogP contribution in [0.15, 0.2) is 6.20 Å². The number of nitrogens with zero attached hydrogens (tertiary/aromatic N) is 2. The highest BCUT2D eigenvalue weighted by molar-refractivity contribution is 5.78. The van der Waals surface area contributed by atoms with Crippen LogP contribution >= 0.6 is 0 Å². The second-order valence-electron chi connectivity index (χ2n) is 3.05. The van der Waals surface area contributed by atoms with Crippen LogP contribution in [0.5, 0.6) is 0 Å². The van der Waals surface area contributed by atoms with E-state index in [1.165, 1.54) is 20.2 Å². The number of carbonyl (C=O) groups excluding carboxylic acids is 1. The zero-order chi connectivity index (χ0) is 10.9. The monoisotopic (exact) mass is 206 g/mol. The zero-order valence-corrected chi connectivity index (χ0v) is 7.72. The first kappa shape index (κ1) is 10.7. The number of aryl methyl sites for hydroxylation is 1. The Hall–Kier alpha value is -1.33. The second-order valence-corrected chi connectivity index (χ2v) is 3.05.